The van der Waals surface area contributed by atoms with Gasteiger partial charge in [0.1, 0.15) is 0 Å². The Labute approximate surface area is 169 Å². The maximum atomic E-state index is 12.6. The van der Waals surface area contributed by atoms with Crippen molar-refractivity contribution in [1.82, 2.24) is 9.80 Å². The van der Waals surface area contributed by atoms with Crippen LogP contribution in [-0.2, 0) is 24.1 Å². The number of alkyl halides is 3. The zero-order valence-corrected chi connectivity index (χ0v) is 16.5. The van der Waals surface area contributed by atoms with E-state index in [1.807, 2.05) is 24.3 Å². The van der Waals surface area contributed by atoms with Crippen molar-refractivity contribution >= 4 is 11.6 Å². The lowest BCUT2D eigenvalue weighted by molar-refractivity contribution is -0.137. The van der Waals surface area contributed by atoms with Crippen LogP contribution in [0.5, 0.6) is 0 Å². The normalized spacial score (nSPS) is 15.1. The summed E-state index contributed by atoms with van der Waals surface area (Å²) >= 11 is 0. The van der Waals surface area contributed by atoms with E-state index in [4.69, 9.17) is 0 Å². The van der Waals surface area contributed by atoms with Gasteiger partial charge in [0.25, 0.3) is 0 Å². The van der Waals surface area contributed by atoms with Gasteiger partial charge in [0.2, 0.25) is 5.91 Å². The predicted molar refractivity (Wildman–Crippen MR) is 107 cm³/mol. The van der Waals surface area contributed by atoms with Crippen molar-refractivity contribution in [1.29, 1.82) is 0 Å². The fourth-order valence-electron chi connectivity index (χ4n) is 3.50. The molecule has 0 aromatic heterocycles. The first-order valence-corrected chi connectivity index (χ1v) is 9.75. The fraction of sp³-hybridized carbons (Fsp3) is 0.409. The quantitative estimate of drug-likeness (QED) is 0.743. The molecule has 1 aliphatic rings. The number of carbonyl (C=O) groups is 1. The largest absolute Gasteiger partial charge is 0.416 e. The number of nitrogens with one attached hydrogen (secondary N) is 1. The van der Waals surface area contributed by atoms with Gasteiger partial charge < -0.3 is 5.32 Å². The van der Waals surface area contributed by atoms with Gasteiger partial charge in [-0.3, -0.25) is 14.6 Å². The van der Waals surface area contributed by atoms with E-state index in [0.29, 0.717) is 6.54 Å². The maximum Gasteiger partial charge on any atom is 0.416 e. The average Bonchev–Trinajstić information content (AvgIpc) is 3.16. The number of carbonyl (C=O) groups excluding carboxylic acids is 1. The smallest absolute Gasteiger partial charge is 0.325 e. The van der Waals surface area contributed by atoms with E-state index >= 15 is 0 Å². The van der Waals surface area contributed by atoms with E-state index < -0.39 is 11.7 Å². The van der Waals surface area contributed by atoms with Gasteiger partial charge in [0, 0.05) is 18.8 Å². The zero-order valence-electron chi connectivity index (χ0n) is 16.5. The number of amides is 1. The van der Waals surface area contributed by atoms with E-state index in [-0.39, 0.29) is 12.5 Å². The Bertz CT molecular complexity index is 798. The lowest BCUT2D eigenvalue weighted by Crippen LogP contribution is -2.29. The first kappa shape index (κ1) is 21.3. The summed E-state index contributed by atoms with van der Waals surface area (Å²) in [5.41, 5.74) is 2.02. The molecule has 0 spiro atoms. The first-order valence-electron chi connectivity index (χ1n) is 9.75. The molecule has 0 aliphatic carbocycles. The Balaban J connectivity index is 1.45. The van der Waals surface area contributed by atoms with Crippen molar-refractivity contribution in [3.8, 4) is 0 Å². The summed E-state index contributed by atoms with van der Waals surface area (Å²) in [5.74, 6) is -0.160. The molecule has 4 nitrogen and oxygen atoms in total. The highest BCUT2D eigenvalue weighted by atomic mass is 19.4. The number of likely N-dealkylation sites (tertiary alicyclic amines) is 1. The SMILES string of the molecule is CN(CC(=O)Nc1ccc(CN2CCCC2)cc1)Cc1ccc(C(F)(F)F)cc1. The third-order valence-electron chi connectivity index (χ3n) is 4.99. The number of rotatable bonds is 7. The number of halogens is 3. The number of hydrogen-bond acceptors (Lipinski definition) is 3. The summed E-state index contributed by atoms with van der Waals surface area (Å²) in [6.45, 7) is 3.76. The van der Waals surface area contributed by atoms with Crippen LogP contribution in [0, 0.1) is 0 Å². The standard InChI is InChI=1S/C22H26F3N3O/c1-27(14-17-4-8-19(9-5-17)22(23,24)25)16-21(29)26-20-10-6-18(7-11-20)15-28-12-2-3-13-28/h4-11H,2-3,12-16H2,1H3,(H,26,29). The van der Waals surface area contributed by atoms with Gasteiger partial charge in [-0.2, -0.15) is 13.2 Å². The summed E-state index contributed by atoms with van der Waals surface area (Å²) in [6.07, 6.45) is -1.82. The molecule has 0 saturated carbocycles. The lowest BCUT2D eigenvalue weighted by atomic mass is 10.1. The second kappa shape index (κ2) is 9.41. The molecule has 3 rings (SSSR count). The average molecular weight is 405 g/mol. The van der Waals surface area contributed by atoms with E-state index in [2.05, 4.69) is 10.2 Å². The van der Waals surface area contributed by atoms with Crippen LogP contribution >= 0.6 is 0 Å². The van der Waals surface area contributed by atoms with Gasteiger partial charge in [-0.25, -0.2) is 0 Å². The van der Waals surface area contributed by atoms with Crippen molar-refractivity contribution in [3.63, 3.8) is 0 Å². The molecular weight excluding hydrogens is 379 g/mol. The molecule has 0 bridgehead atoms. The van der Waals surface area contributed by atoms with Gasteiger partial charge >= 0.3 is 6.18 Å². The highest BCUT2D eigenvalue weighted by Gasteiger charge is 2.29. The third kappa shape index (κ3) is 6.58. The third-order valence-corrected chi connectivity index (χ3v) is 4.99. The molecule has 1 aliphatic heterocycles. The Hall–Kier alpha value is -2.38. The predicted octanol–water partition coefficient (Wildman–Crippen LogP) is 4.37. The van der Waals surface area contributed by atoms with Crippen molar-refractivity contribution in [2.75, 3.05) is 32.0 Å². The minimum atomic E-state index is -4.34. The molecular formula is C22H26F3N3O. The van der Waals surface area contributed by atoms with Gasteiger partial charge in [0.05, 0.1) is 12.1 Å². The second-order valence-corrected chi connectivity index (χ2v) is 7.60. The Kier molecular flexibility index (Phi) is 6.92. The molecule has 1 saturated heterocycles. The monoisotopic (exact) mass is 405 g/mol. The summed E-state index contributed by atoms with van der Waals surface area (Å²) < 4.78 is 37.9. The van der Waals surface area contributed by atoms with E-state index in [1.165, 1.54) is 30.5 Å². The molecule has 0 atom stereocenters. The second-order valence-electron chi connectivity index (χ2n) is 7.60. The molecule has 156 valence electrons. The van der Waals surface area contributed by atoms with Crippen molar-refractivity contribution in [3.05, 3.63) is 65.2 Å². The Morgan fingerprint density at radius 1 is 1.00 bits per heavy atom. The number of likely N-dealkylation sites (N-methyl/N-ethyl adjacent to an activating group) is 1. The number of hydrogen-bond donors (Lipinski definition) is 1. The molecule has 1 heterocycles. The van der Waals surface area contributed by atoms with E-state index in [1.54, 1.807) is 11.9 Å². The fourth-order valence-corrected chi connectivity index (χ4v) is 3.50. The minimum Gasteiger partial charge on any atom is -0.325 e. The number of nitrogens with zero attached hydrogens (tertiary/aromatic N) is 2. The van der Waals surface area contributed by atoms with Crippen LogP contribution in [0.15, 0.2) is 48.5 Å². The topological polar surface area (TPSA) is 35.6 Å². The summed E-state index contributed by atoms with van der Waals surface area (Å²) in [5, 5.41) is 2.87. The highest BCUT2D eigenvalue weighted by Crippen LogP contribution is 2.29. The van der Waals surface area contributed by atoms with Crippen molar-refractivity contribution < 1.29 is 18.0 Å². The molecule has 29 heavy (non-hydrogen) atoms. The van der Waals surface area contributed by atoms with E-state index in [9.17, 15) is 18.0 Å². The Morgan fingerprint density at radius 2 is 1.59 bits per heavy atom. The van der Waals surface area contributed by atoms with Crippen LogP contribution in [0.25, 0.3) is 0 Å². The van der Waals surface area contributed by atoms with Crippen molar-refractivity contribution in [2.24, 2.45) is 0 Å². The van der Waals surface area contributed by atoms with Crippen LogP contribution in [0.2, 0.25) is 0 Å². The van der Waals surface area contributed by atoms with Gasteiger partial charge in [-0.15, -0.1) is 0 Å². The molecule has 7 heteroatoms. The molecule has 2 aromatic carbocycles. The van der Waals surface area contributed by atoms with Crippen LogP contribution < -0.4 is 5.32 Å². The van der Waals surface area contributed by atoms with Crippen LogP contribution in [0.3, 0.4) is 0 Å². The summed E-state index contributed by atoms with van der Waals surface area (Å²) in [6, 6.07) is 12.9. The zero-order chi connectivity index (χ0) is 20.9. The minimum absolute atomic E-state index is 0.149. The number of anilines is 1. The maximum absolute atomic E-state index is 12.6. The Morgan fingerprint density at radius 3 is 2.17 bits per heavy atom. The van der Waals surface area contributed by atoms with Gasteiger partial charge in [-0.1, -0.05) is 24.3 Å². The first-order chi connectivity index (χ1) is 13.8. The van der Waals surface area contributed by atoms with Crippen LogP contribution in [0.4, 0.5) is 18.9 Å². The molecule has 0 radical (unpaired) electrons. The summed E-state index contributed by atoms with van der Waals surface area (Å²) in [7, 11) is 1.76. The lowest BCUT2D eigenvalue weighted by Gasteiger charge is -2.17. The van der Waals surface area contributed by atoms with Crippen LogP contribution in [-0.4, -0.2) is 42.4 Å². The number of benzene rings is 2. The molecule has 1 amide bonds. The molecule has 2 aromatic rings. The highest BCUT2D eigenvalue weighted by molar-refractivity contribution is 5.92. The molecule has 0 unspecified atom stereocenters. The molecule has 1 N–H and O–H groups in total. The van der Waals surface area contributed by atoms with Crippen molar-refractivity contribution in [2.45, 2.75) is 32.1 Å². The summed E-state index contributed by atoms with van der Waals surface area (Å²) in [4.78, 5) is 16.4. The van der Waals surface area contributed by atoms with Gasteiger partial charge in [0.15, 0.2) is 0 Å². The van der Waals surface area contributed by atoms with Crippen LogP contribution in [0.1, 0.15) is 29.5 Å². The van der Waals surface area contributed by atoms with Gasteiger partial charge in [-0.05, 0) is 68.4 Å². The molecule has 1 fully saturated rings. The van der Waals surface area contributed by atoms with E-state index in [0.717, 1.165) is 43.0 Å².